The summed E-state index contributed by atoms with van der Waals surface area (Å²) in [4.78, 5) is 1.56. The largest absolute Gasteiger partial charge is 0.380 e. The van der Waals surface area contributed by atoms with Crippen LogP contribution in [0, 0.1) is 0 Å². The van der Waals surface area contributed by atoms with E-state index in [2.05, 4.69) is 43.2 Å². The van der Waals surface area contributed by atoms with Crippen LogP contribution in [0.25, 0.3) is 0 Å². The lowest BCUT2D eigenvalue weighted by Gasteiger charge is -2.06. The molecule has 2 aromatic rings. The highest BCUT2D eigenvalue weighted by Gasteiger charge is 2.10. The fourth-order valence-corrected chi connectivity index (χ4v) is 4.62. The van der Waals surface area contributed by atoms with Gasteiger partial charge in [0.25, 0.3) is 0 Å². The van der Waals surface area contributed by atoms with Crippen LogP contribution in [0.3, 0.4) is 0 Å². The summed E-state index contributed by atoms with van der Waals surface area (Å²) in [5.74, 6) is 0.122. The Balaban J connectivity index is 2.04. The average molecular weight is 439 g/mol. The lowest BCUT2D eigenvalue weighted by Crippen LogP contribution is -2.04. The van der Waals surface area contributed by atoms with Gasteiger partial charge in [0.15, 0.2) is 9.84 Å². The van der Waals surface area contributed by atoms with Crippen LogP contribution in [0.5, 0.6) is 0 Å². The molecule has 0 saturated heterocycles. The summed E-state index contributed by atoms with van der Waals surface area (Å²) < 4.78 is 25.5. The molecular formula is C13H13Br2NO2S2. The zero-order chi connectivity index (χ0) is 14.8. The maximum Gasteiger partial charge on any atom is 0.178 e. The molecule has 0 aliphatic carbocycles. The first-order valence-corrected chi connectivity index (χ1v) is 9.98. The van der Waals surface area contributed by atoms with Crippen molar-refractivity contribution in [1.82, 2.24) is 0 Å². The Morgan fingerprint density at radius 2 is 1.85 bits per heavy atom. The number of thiophene rings is 1. The smallest absolute Gasteiger partial charge is 0.178 e. The summed E-state index contributed by atoms with van der Waals surface area (Å²) in [5, 5.41) is 3.27. The van der Waals surface area contributed by atoms with Gasteiger partial charge in [-0.2, -0.15) is 0 Å². The first-order chi connectivity index (χ1) is 9.42. The Bertz CT molecular complexity index is 674. The molecule has 1 aromatic carbocycles. The third-order valence-corrected chi connectivity index (χ3v) is 7.76. The van der Waals surface area contributed by atoms with Crippen LogP contribution < -0.4 is 5.32 Å². The van der Waals surface area contributed by atoms with Gasteiger partial charge in [-0.1, -0.05) is 6.92 Å². The highest BCUT2D eigenvalue weighted by molar-refractivity contribution is 9.13. The van der Waals surface area contributed by atoms with Gasteiger partial charge >= 0.3 is 0 Å². The minimum Gasteiger partial charge on any atom is -0.380 e. The van der Waals surface area contributed by atoms with E-state index in [0.29, 0.717) is 11.4 Å². The predicted octanol–water partition coefficient (Wildman–Crippen LogP) is 4.68. The van der Waals surface area contributed by atoms with Crippen LogP contribution in [0.2, 0.25) is 0 Å². The number of sulfone groups is 1. The third-order valence-electron chi connectivity index (χ3n) is 2.76. The lowest BCUT2D eigenvalue weighted by molar-refractivity contribution is 0.597. The van der Waals surface area contributed by atoms with Crippen molar-refractivity contribution in [2.45, 2.75) is 18.4 Å². The summed E-state index contributed by atoms with van der Waals surface area (Å²) >= 11 is 8.57. The molecule has 1 aromatic heterocycles. The van der Waals surface area contributed by atoms with E-state index >= 15 is 0 Å². The van der Waals surface area contributed by atoms with Crippen LogP contribution in [0.4, 0.5) is 5.69 Å². The van der Waals surface area contributed by atoms with E-state index in [1.54, 1.807) is 42.5 Å². The highest BCUT2D eigenvalue weighted by Crippen LogP contribution is 2.32. The van der Waals surface area contributed by atoms with E-state index in [1.807, 2.05) is 0 Å². The van der Waals surface area contributed by atoms with Crippen molar-refractivity contribution in [1.29, 1.82) is 0 Å². The minimum atomic E-state index is -3.12. The molecule has 7 heteroatoms. The van der Waals surface area contributed by atoms with E-state index in [-0.39, 0.29) is 5.75 Å². The number of anilines is 1. The molecule has 0 amide bonds. The quantitative estimate of drug-likeness (QED) is 0.737. The molecule has 0 radical (unpaired) electrons. The third kappa shape index (κ3) is 3.84. The SMILES string of the molecule is CCS(=O)(=O)c1ccc(NCc2cc(Br)c(Br)s2)cc1. The summed E-state index contributed by atoms with van der Waals surface area (Å²) in [5.41, 5.74) is 0.903. The normalized spacial score (nSPS) is 11.6. The van der Waals surface area contributed by atoms with E-state index < -0.39 is 9.84 Å². The summed E-state index contributed by atoms with van der Waals surface area (Å²) in [7, 11) is -3.12. The van der Waals surface area contributed by atoms with Crippen LogP contribution in [-0.4, -0.2) is 14.2 Å². The van der Waals surface area contributed by atoms with E-state index in [0.717, 1.165) is 13.9 Å². The molecule has 0 atom stereocenters. The molecule has 2 rings (SSSR count). The zero-order valence-corrected chi connectivity index (χ0v) is 15.5. The Hall–Kier alpha value is -0.370. The monoisotopic (exact) mass is 437 g/mol. The standard InChI is InChI=1S/C13H13Br2NO2S2/c1-2-20(17,18)11-5-3-9(4-6-11)16-8-10-7-12(14)13(15)19-10/h3-7,16H,2,8H2,1H3. The van der Waals surface area contributed by atoms with E-state index in [1.165, 1.54) is 4.88 Å². The van der Waals surface area contributed by atoms with Crippen LogP contribution in [-0.2, 0) is 16.4 Å². The fourth-order valence-electron chi connectivity index (χ4n) is 1.61. The van der Waals surface area contributed by atoms with Crippen LogP contribution in [0.1, 0.15) is 11.8 Å². The molecule has 0 bridgehead atoms. The Labute approximate surface area is 139 Å². The molecule has 1 N–H and O–H groups in total. The number of benzene rings is 1. The number of nitrogens with one attached hydrogen (secondary N) is 1. The molecule has 0 aliphatic rings. The maximum atomic E-state index is 11.7. The predicted molar refractivity (Wildman–Crippen MR) is 91.2 cm³/mol. The van der Waals surface area contributed by atoms with Crippen LogP contribution in [0.15, 0.2) is 43.5 Å². The van der Waals surface area contributed by atoms with Gasteiger partial charge in [0, 0.05) is 21.6 Å². The second kappa shape index (κ2) is 6.60. The lowest BCUT2D eigenvalue weighted by atomic mass is 10.3. The topological polar surface area (TPSA) is 46.2 Å². The van der Waals surface area contributed by atoms with Crippen molar-refractivity contribution in [3.63, 3.8) is 0 Å². The Morgan fingerprint density at radius 1 is 1.20 bits per heavy atom. The van der Waals surface area contributed by atoms with Crippen molar-refractivity contribution < 1.29 is 8.42 Å². The first kappa shape index (κ1) is 16.0. The van der Waals surface area contributed by atoms with E-state index in [9.17, 15) is 8.42 Å². The number of hydrogen-bond acceptors (Lipinski definition) is 4. The molecule has 3 nitrogen and oxygen atoms in total. The van der Waals surface area contributed by atoms with Crippen molar-refractivity contribution in [3.05, 3.63) is 43.5 Å². The molecule has 0 saturated carbocycles. The average Bonchev–Trinajstić information content (AvgIpc) is 2.76. The fraction of sp³-hybridized carbons (Fsp3) is 0.231. The summed E-state index contributed by atoms with van der Waals surface area (Å²) in [6.45, 7) is 2.35. The Kier molecular flexibility index (Phi) is 5.28. The van der Waals surface area contributed by atoms with Crippen LogP contribution >= 0.6 is 43.2 Å². The minimum absolute atomic E-state index is 0.122. The van der Waals surface area contributed by atoms with Gasteiger partial charge < -0.3 is 5.32 Å². The molecule has 1 heterocycles. The van der Waals surface area contributed by atoms with Gasteiger partial charge in [-0.05, 0) is 62.2 Å². The molecule has 20 heavy (non-hydrogen) atoms. The number of halogens is 2. The summed E-state index contributed by atoms with van der Waals surface area (Å²) in [6, 6.07) is 8.92. The van der Waals surface area contributed by atoms with Crippen molar-refractivity contribution >= 4 is 58.7 Å². The van der Waals surface area contributed by atoms with Crippen molar-refractivity contribution in [2.24, 2.45) is 0 Å². The first-order valence-electron chi connectivity index (χ1n) is 5.93. The Morgan fingerprint density at radius 3 is 2.35 bits per heavy atom. The van der Waals surface area contributed by atoms with Gasteiger partial charge in [0.1, 0.15) is 0 Å². The molecule has 0 spiro atoms. The molecule has 108 valence electrons. The highest BCUT2D eigenvalue weighted by atomic mass is 79.9. The zero-order valence-electron chi connectivity index (χ0n) is 10.7. The molecule has 0 aliphatic heterocycles. The second-order valence-electron chi connectivity index (χ2n) is 4.12. The molecule has 0 fully saturated rings. The van der Waals surface area contributed by atoms with Gasteiger partial charge in [-0.3, -0.25) is 0 Å². The van der Waals surface area contributed by atoms with E-state index in [4.69, 9.17) is 0 Å². The van der Waals surface area contributed by atoms with Crippen molar-refractivity contribution in [3.8, 4) is 0 Å². The number of hydrogen-bond donors (Lipinski definition) is 1. The molecule has 0 unspecified atom stereocenters. The van der Waals surface area contributed by atoms with Gasteiger partial charge in [-0.15, -0.1) is 11.3 Å². The van der Waals surface area contributed by atoms with Gasteiger partial charge in [0.2, 0.25) is 0 Å². The maximum absolute atomic E-state index is 11.7. The summed E-state index contributed by atoms with van der Waals surface area (Å²) in [6.07, 6.45) is 0. The second-order valence-corrected chi connectivity index (χ2v) is 9.70. The van der Waals surface area contributed by atoms with Gasteiger partial charge in [-0.25, -0.2) is 8.42 Å². The number of rotatable bonds is 5. The van der Waals surface area contributed by atoms with Gasteiger partial charge in [0.05, 0.1) is 14.4 Å². The molecular weight excluding hydrogens is 426 g/mol. The van der Waals surface area contributed by atoms with Crippen molar-refractivity contribution in [2.75, 3.05) is 11.1 Å².